The number of aliphatic hydroxyl groups is 1. The van der Waals surface area contributed by atoms with Gasteiger partial charge in [-0.1, -0.05) is 12.1 Å². The van der Waals surface area contributed by atoms with Gasteiger partial charge < -0.3 is 9.84 Å². The topological polar surface area (TPSA) is 46.5 Å². The first-order valence-corrected chi connectivity index (χ1v) is 7.47. The molecule has 0 amide bonds. The molecule has 0 atom stereocenters. The lowest BCUT2D eigenvalue weighted by Crippen LogP contribution is -2.13. The highest BCUT2D eigenvalue weighted by molar-refractivity contribution is 7.99. The average Bonchev–Trinajstić information content (AvgIpc) is 3.17. The van der Waals surface area contributed by atoms with Gasteiger partial charge >= 0.3 is 5.97 Å². The van der Waals surface area contributed by atoms with Crippen LogP contribution in [-0.4, -0.2) is 23.9 Å². The second-order valence-corrected chi connectivity index (χ2v) is 6.32. The van der Waals surface area contributed by atoms with E-state index in [-0.39, 0.29) is 18.0 Å². The molecule has 1 saturated carbocycles. The number of rotatable bonds is 6. The van der Waals surface area contributed by atoms with Crippen molar-refractivity contribution in [2.24, 2.45) is 5.41 Å². The zero-order chi connectivity index (χ0) is 13.9. The maximum atomic E-state index is 11.4. The first-order valence-electron chi connectivity index (χ1n) is 6.48. The summed E-state index contributed by atoms with van der Waals surface area (Å²) in [5.41, 5.74) is 2.28. The van der Waals surface area contributed by atoms with Crippen LogP contribution in [0, 0.1) is 12.3 Å². The zero-order valence-corrected chi connectivity index (χ0v) is 12.3. The fourth-order valence-electron chi connectivity index (χ4n) is 2.13. The van der Waals surface area contributed by atoms with Crippen molar-refractivity contribution in [3.05, 3.63) is 29.3 Å². The van der Waals surface area contributed by atoms with Crippen molar-refractivity contribution >= 4 is 17.7 Å². The number of ether oxygens (including phenoxy) is 1. The Morgan fingerprint density at radius 3 is 2.74 bits per heavy atom. The Morgan fingerprint density at radius 1 is 1.47 bits per heavy atom. The van der Waals surface area contributed by atoms with Crippen LogP contribution in [0.2, 0.25) is 0 Å². The maximum Gasteiger partial charge on any atom is 0.306 e. The van der Waals surface area contributed by atoms with Crippen molar-refractivity contribution in [2.45, 2.75) is 37.7 Å². The predicted molar refractivity (Wildman–Crippen MR) is 76.1 cm³/mol. The average molecular weight is 280 g/mol. The van der Waals surface area contributed by atoms with Crippen molar-refractivity contribution in [1.82, 2.24) is 0 Å². The highest BCUT2D eigenvalue weighted by atomic mass is 32.2. The van der Waals surface area contributed by atoms with Gasteiger partial charge in [0.15, 0.2) is 0 Å². The van der Waals surface area contributed by atoms with Gasteiger partial charge in [0.2, 0.25) is 0 Å². The van der Waals surface area contributed by atoms with Gasteiger partial charge in [-0.2, -0.15) is 0 Å². The molecular formula is C15H20O3S. The molecule has 0 bridgehead atoms. The fraction of sp³-hybridized carbons (Fsp3) is 0.533. The molecule has 0 aromatic heterocycles. The Bertz CT molecular complexity index is 466. The number of benzene rings is 1. The van der Waals surface area contributed by atoms with E-state index in [1.807, 2.05) is 12.1 Å². The number of hydrogen-bond acceptors (Lipinski definition) is 4. The van der Waals surface area contributed by atoms with E-state index in [0.717, 1.165) is 24.2 Å². The van der Waals surface area contributed by atoms with Gasteiger partial charge in [0, 0.05) is 10.6 Å². The largest absolute Gasteiger partial charge is 0.469 e. The Kier molecular flexibility index (Phi) is 4.53. The van der Waals surface area contributed by atoms with E-state index < -0.39 is 0 Å². The van der Waals surface area contributed by atoms with E-state index in [9.17, 15) is 4.79 Å². The predicted octanol–water partition coefficient (Wildman–Crippen LogP) is 2.92. The third-order valence-corrected chi connectivity index (χ3v) is 5.19. The van der Waals surface area contributed by atoms with Gasteiger partial charge in [-0.3, -0.25) is 4.79 Å². The smallest absolute Gasteiger partial charge is 0.306 e. The first kappa shape index (κ1) is 14.4. The molecule has 4 heteroatoms. The monoisotopic (exact) mass is 280 g/mol. The molecule has 1 aliphatic rings. The Balaban J connectivity index is 1.94. The lowest BCUT2D eigenvalue weighted by molar-refractivity contribution is -0.141. The number of esters is 1. The summed E-state index contributed by atoms with van der Waals surface area (Å²) in [4.78, 5) is 12.6. The number of aryl methyl sites for hydroxylation is 1. The van der Waals surface area contributed by atoms with E-state index in [4.69, 9.17) is 9.84 Å². The number of carbonyl (C=O) groups is 1. The highest BCUT2D eigenvalue weighted by Gasteiger charge is 2.44. The minimum Gasteiger partial charge on any atom is -0.469 e. The van der Waals surface area contributed by atoms with Crippen LogP contribution in [0.5, 0.6) is 0 Å². The molecule has 0 saturated heterocycles. The van der Waals surface area contributed by atoms with Crippen molar-refractivity contribution < 1.29 is 14.6 Å². The van der Waals surface area contributed by atoms with Crippen molar-refractivity contribution in [1.29, 1.82) is 0 Å². The summed E-state index contributed by atoms with van der Waals surface area (Å²) < 4.78 is 4.76. The highest BCUT2D eigenvalue weighted by Crippen LogP contribution is 2.52. The van der Waals surface area contributed by atoms with Crippen LogP contribution in [-0.2, 0) is 16.1 Å². The van der Waals surface area contributed by atoms with Gasteiger partial charge in [-0.05, 0) is 42.4 Å². The van der Waals surface area contributed by atoms with Crippen molar-refractivity contribution in [2.75, 3.05) is 12.9 Å². The Labute approximate surface area is 118 Å². The second-order valence-electron chi connectivity index (χ2n) is 5.30. The van der Waals surface area contributed by atoms with Crippen LogP contribution in [0.15, 0.2) is 23.1 Å². The molecule has 0 spiro atoms. The van der Waals surface area contributed by atoms with Crippen LogP contribution in [0.1, 0.15) is 30.4 Å². The standard InChI is InChI=1S/C15H20O3S/c1-11-7-12(9-16)3-4-13(11)19-10-15(5-6-15)8-14(17)18-2/h3-4,7,16H,5-6,8-10H2,1-2H3. The molecule has 0 aliphatic heterocycles. The van der Waals surface area contributed by atoms with Crippen LogP contribution in [0.4, 0.5) is 0 Å². The van der Waals surface area contributed by atoms with Gasteiger partial charge in [-0.15, -0.1) is 11.8 Å². The third kappa shape index (κ3) is 3.74. The minimum absolute atomic E-state index is 0.0814. The summed E-state index contributed by atoms with van der Waals surface area (Å²) in [7, 11) is 1.45. The molecule has 1 aliphatic carbocycles. The number of carbonyl (C=O) groups excluding carboxylic acids is 1. The number of methoxy groups -OCH3 is 1. The molecule has 0 radical (unpaired) electrons. The molecule has 3 nitrogen and oxygen atoms in total. The summed E-state index contributed by atoms with van der Waals surface area (Å²) in [5, 5.41) is 9.09. The van der Waals surface area contributed by atoms with Gasteiger partial charge in [-0.25, -0.2) is 0 Å². The van der Waals surface area contributed by atoms with Crippen molar-refractivity contribution in [3.8, 4) is 0 Å². The maximum absolute atomic E-state index is 11.4. The first-order chi connectivity index (χ1) is 9.08. The lowest BCUT2D eigenvalue weighted by atomic mass is 10.1. The SMILES string of the molecule is COC(=O)CC1(CSc2ccc(CO)cc2C)CC1. The van der Waals surface area contributed by atoms with Gasteiger partial charge in [0.1, 0.15) is 0 Å². The summed E-state index contributed by atoms with van der Waals surface area (Å²) in [5.74, 6) is 0.854. The molecular weight excluding hydrogens is 260 g/mol. The normalized spacial score (nSPS) is 16.2. The van der Waals surface area contributed by atoms with Crippen LogP contribution < -0.4 is 0 Å². The zero-order valence-electron chi connectivity index (χ0n) is 11.4. The summed E-state index contributed by atoms with van der Waals surface area (Å²) in [6.07, 6.45) is 2.76. The lowest BCUT2D eigenvalue weighted by Gasteiger charge is -2.14. The van der Waals surface area contributed by atoms with Gasteiger partial charge in [0.05, 0.1) is 20.1 Å². The van der Waals surface area contributed by atoms with E-state index >= 15 is 0 Å². The third-order valence-electron chi connectivity index (χ3n) is 3.66. The van der Waals surface area contributed by atoms with Crippen LogP contribution in [0.25, 0.3) is 0 Å². The molecule has 0 unspecified atom stereocenters. The molecule has 1 fully saturated rings. The molecule has 1 N–H and O–H groups in total. The molecule has 1 aromatic rings. The molecule has 19 heavy (non-hydrogen) atoms. The van der Waals surface area contributed by atoms with E-state index in [2.05, 4.69) is 13.0 Å². The van der Waals surface area contributed by atoms with Gasteiger partial charge in [0.25, 0.3) is 0 Å². The quantitative estimate of drug-likeness (QED) is 0.643. The fourth-order valence-corrected chi connectivity index (χ4v) is 3.43. The summed E-state index contributed by atoms with van der Waals surface area (Å²) in [6.45, 7) is 2.14. The molecule has 2 rings (SSSR count). The molecule has 1 aromatic carbocycles. The van der Waals surface area contributed by atoms with Crippen LogP contribution in [0.3, 0.4) is 0 Å². The second kappa shape index (κ2) is 5.97. The summed E-state index contributed by atoms with van der Waals surface area (Å²) >= 11 is 1.80. The van der Waals surface area contributed by atoms with E-state index in [0.29, 0.717) is 6.42 Å². The minimum atomic E-state index is -0.106. The number of aliphatic hydroxyl groups excluding tert-OH is 1. The van der Waals surface area contributed by atoms with E-state index in [1.54, 1.807) is 11.8 Å². The molecule has 0 heterocycles. The van der Waals surface area contributed by atoms with Crippen molar-refractivity contribution in [3.63, 3.8) is 0 Å². The number of thioether (sulfide) groups is 1. The number of hydrogen-bond donors (Lipinski definition) is 1. The Hall–Kier alpha value is -1.00. The summed E-state index contributed by atoms with van der Waals surface area (Å²) in [6, 6.07) is 6.02. The van der Waals surface area contributed by atoms with E-state index in [1.165, 1.54) is 17.6 Å². The molecule has 104 valence electrons. The Morgan fingerprint density at radius 2 is 2.21 bits per heavy atom. The van der Waals surface area contributed by atoms with Crippen LogP contribution >= 0.6 is 11.8 Å².